The van der Waals surface area contributed by atoms with E-state index in [0.717, 1.165) is 31.2 Å². The zero-order valence-electron chi connectivity index (χ0n) is 14.5. The maximum absolute atomic E-state index is 12.6. The van der Waals surface area contributed by atoms with Crippen molar-refractivity contribution in [3.05, 3.63) is 29.8 Å². The Morgan fingerprint density at radius 2 is 2.08 bits per heavy atom. The summed E-state index contributed by atoms with van der Waals surface area (Å²) in [7, 11) is 1.68. The van der Waals surface area contributed by atoms with E-state index in [4.69, 9.17) is 4.74 Å². The quantitative estimate of drug-likeness (QED) is 0.920. The van der Waals surface area contributed by atoms with Gasteiger partial charge in [0.1, 0.15) is 5.75 Å². The summed E-state index contributed by atoms with van der Waals surface area (Å²) in [5.74, 6) is 0.648. The molecule has 1 aromatic carbocycles. The number of likely N-dealkylation sites (tertiary alicyclic amines) is 1. The Hall–Kier alpha value is -2.04. The molecule has 1 aliphatic carbocycles. The highest BCUT2D eigenvalue weighted by Crippen LogP contribution is 2.49. The molecule has 1 spiro atoms. The topological polar surface area (TPSA) is 58.6 Å². The first kappa shape index (κ1) is 16.8. The largest absolute Gasteiger partial charge is 0.484 e. The van der Waals surface area contributed by atoms with Gasteiger partial charge in [-0.25, -0.2) is 0 Å². The average molecular weight is 330 g/mol. The van der Waals surface area contributed by atoms with Crippen LogP contribution in [0.3, 0.4) is 0 Å². The van der Waals surface area contributed by atoms with E-state index in [-0.39, 0.29) is 29.8 Å². The summed E-state index contributed by atoms with van der Waals surface area (Å²) >= 11 is 0. The molecule has 130 valence electrons. The van der Waals surface area contributed by atoms with Gasteiger partial charge in [0.2, 0.25) is 5.91 Å². The Morgan fingerprint density at radius 3 is 2.75 bits per heavy atom. The number of nitrogens with one attached hydrogen (secondary N) is 1. The smallest absolute Gasteiger partial charge is 0.260 e. The van der Waals surface area contributed by atoms with Gasteiger partial charge in [-0.2, -0.15) is 0 Å². The van der Waals surface area contributed by atoms with Crippen molar-refractivity contribution in [3.63, 3.8) is 0 Å². The molecule has 5 heteroatoms. The van der Waals surface area contributed by atoms with Crippen LogP contribution in [0, 0.1) is 18.3 Å². The van der Waals surface area contributed by atoms with Crippen LogP contribution >= 0.6 is 0 Å². The predicted molar refractivity (Wildman–Crippen MR) is 91.7 cm³/mol. The van der Waals surface area contributed by atoms with Gasteiger partial charge in [-0.1, -0.05) is 25.0 Å². The van der Waals surface area contributed by atoms with Gasteiger partial charge in [-0.3, -0.25) is 9.59 Å². The van der Waals surface area contributed by atoms with Crippen molar-refractivity contribution in [2.75, 3.05) is 26.7 Å². The van der Waals surface area contributed by atoms with Crippen molar-refractivity contribution in [2.24, 2.45) is 11.3 Å². The van der Waals surface area contributed by atoms with Crippen molar-refractivity contribution in [1.82, 2.24) is 10.2 Å². The fourth-order valence-corrected chi connectivity index (χ4v) is 4.22. The van der Waals surface area contributed by atoms with Crippen molar-refractivity contribution in [2.45, 2.75) is 32.6 Å². The summed E-state index contributed by atoms with van der Waals surface area (Å²) < 4.78 is 5.64. The third-order valence-electron chi connectivity index (χ3n) is 5.51. The van der Waals surface area contributed by atoms with Crippen LogP contribution in [-0.2, 0) is 9.59 Å². The van der Waals surface area contributed by atoms with Crippen molar-refractivity contribution in [3.8, 4) is 5.75 Å². The summed E-state index contributed by atoms with van der Waals surface area (Å²) in [6.07, 6.45) is 4.37. The molecule has 1 unspecified atom stereocenters. The summed E-state index contributed by atoms with van der Waals surface area (Å²) in [5, 5.41) is 2.77. The molecule has 1 aromatic rings. The Morgan fingerprint density at radius 1 is 1.33 bits per heavy atom. The third kappa shape index (κ3) is 3.25. The summed E-state index contributed by atoms with van der Waals surface area (Å²) in [6, 6.07) is 7.69. The predicted octanol–water partition coefficient (Wildman–Crippen LogP) is 2.14. The van der Waals surface area contributed by atoms with Crippen molar-refractivity contribution >= 4 is 11.8 Å². The van der Waals surface area contributed by atoms with Gasteiger partial charge in [0.05, 0.1) is 5.92 Å². The summed E-state index contributed by atoms with van der Waals surface area (Å²) in [4.78, 5) is 26.7. The van der Waals surface area contributed by atoms with E-state index < -0.39 is 0 Å². The molecule has 24 heavy (non-hydrogen) atoms. The monoisotopic (exact) mass is 330 g/mol. The first-order valence-corrected chi connectivity index (χ1v) is 8.73. The molecular formula is C19H26N2O3. The molecule has 1 aliphatic heterocycles. The third-order valence-corrected chi connectivity index (χ3v) is 5.51. The molecular weight excluding hydrogens is 304 g/mol. The number of carbonyl (C=O) groups excluding carboxylic acids is 2. The van der Waals surface area contributed by atoms with E-state index in [1.807, 2.05) is 36.1 Å². The molecule has 1 N–H and O–H groups in total. The first-order valence-electron chi connectivity index (χ1n) is 8.73. The Bertz CT molecular complexity index is 623. The zero-order valence-corrected chi connectivity index (χ0v) is 14.5. The highest BCUT2D eigenvalue weighted by atomic mass is 16.5. The van der Waals surface area contributed by atoms with Crippen LogP contribution in [0.5, 0.6) is 5.75 Å². The highest BCUT2D eigenvalue weighted by Gasteiger charge is 2.52. The molecule has 1 atom stereocenters. The molecule has 2 fully saturated rings. The van der Waals surface area contributed by atoms with Gasteiger partial charge in [-0.15, -0.1) is 0 Å². The maximum atomic E-state index is 12.6. The molecule has 1 saturated carbocycles. The number of hydrogen-bond donors (Lipinski definition) is 1. The molecule has 1 heterocycles. The molecule has 2 amide bonds. The highest BCUT2D eigenvalue weighted by molar-refractivity contribution is 5.83. The number of carbonyl (C=O) groups is 2. The van der Waals surface area contributed by atoms with E-state index in [1.54, 1.807) is 7.05 Å². The summed E-state index contributed by atoms with van der Waals surface area (Å²) in [6.45, 7) is 3.21. The van der Waals surface area contributed by atoms with Crippen LogP contribution in [-0.4, -0.2) is 43.5 Å². The van der Waals surface area contributed by atoms with Gasteiger partial charge in [0.15, 0.2) is 6.61 Å². The van der Waals surface area contributed by atoms with Crippen LogP contribution in [0.2, 0.25) is 0 Å². The van der Waals surface area contributed by atoms with Crippen LogP contribution in [0.15, 0.2) is 24.3 Å². The Labute approximate surface area is 143 Å². The van der Waals surface area contributed by atoms with Gasteiger partial charge in [-0.05, 0) is 37.5 Å². The van der Waals surface area contributed by atoms with Gasteiger partial charge >= 0.3 is 0 Å². The molecule has 0 bridgehead atoms. The number of nitrogens with zero attached hydrogens (tertiary/aromatic N) is 1. The molecule has 1 saturated heterocycles. The lowest BCUT2D eigenvalue weighted by atomic mass is 9.76. The minimum atomic E-state index is -0.0899. The van der Waals surface area contributed by atoms with Crippen molar-refractivity contribution in [1.29, 1.82) is 0 Å². The molecule has 0 aromatic heterocycles. The second-order valence-electron chi connectivity index (χ2n) is 7.12. The lowest BCUT2D eigenvalue weighted by Gasteiger charge is -2.28. The Kier molecular flexibility index (Phi) is 4.78. The maximum Gasteiger partial charge on any atom is 0.260 e. The Balaban J connectivity index is 1.64. The van der Waals surface area contributed by atoms with E-state index in [9.17, 15) is 9.59 Å². The molecule has 5 nitrogen and oxygen atoms in total. The normalized spacial score (nSPS) is 21.9. The van der Waals surface area contributed by atoms with Crippen LogP contribution in [0.25, 0.3) is 0 Å². The number of amides is 2. The van der Waals surface area contributed by atoms with Crippen LogP contribution in [0.1, 0.15) is 31.2 Å². The van der Waals surface area contributed by atoms with Crippen molar-refractivity contribution < 1.29 is 14.3 Å². The number of ether oxygens (including phenoxy) is 1. The SMILES string of the molecule is CNC(=O)C1CN(C(=O)COc2cccc(C)c2)CC12CCCC2. The second kappa shape index (κ2) is 6.83. The minimum absolute atomic E-state index is 0.0278. The lowest BCUT2D eigenvalue weighted by molar-refractivity contribution is -0.132. The molecule has 0 radical (unpaired) electrons. The first-order chi connectivity index (χ1) is 11.5. The van der Waals surface area contributed by atoms with E-state index in [1.165, 1.54) is 0 Å². The van der Waals surface area contributed by atoms with Crippen LogP contribution in [0.4, 0.5) is 0 Å². The fraction of sp³-hybridized carbons (Fsp3) is 0.579. The number of rotatable bonds is 4. The van der Waals surface area contributed by atoms with E-state index in [0.29, 0.717) is 18.8 Å². The molecule has 3 rings (SSSR count). The van der Waals surface area contributed by atoms with Gasteiger partial charge in [0, 0.05) is 25.6 Å². The summed E-state index contributed by atoms with van der Waals surface area (Å²) in [5.41, 5.74) is 1.07. The number of hydrogen-bond acceptors (Lipinski definition) is 3. The second-order valence-corrected chi connectivity index (χ2v) is 7.12. The zero-order chi connectivity index (χ0) is 17.2. The fourth-order valence-electron chi connectivity index (χ4n) is 4.22. The molecule has 2 aliphatic rings. The number of aryl methyl sites for hydroxylation is 1. The van der Waals surface area contributed by atoms with Gasteiger partial charge < -0.3 is 15.0 Å². The lowest BCUT2D eigenvalue weighted by Crippen LogP contribution is -2.38. The number of benzene rings is 1. The van der Waals surface area contributed by atoms with E-state index >= 15 is 0 Å². The van der Waals surface area contributed by atoms with E-state index in [2.05, 4.69) is 5.32 Å². The average Bonchev–Trinajstić information content (AvgIpc) is 3.20. The van der Waals surface area contributed by atoms with Gasteiger partial charge in [0.25, 0.3) is 5.91 Å². The minimum Gasteiger partial charge on any atom is -0.484 e. The standard InChI is InChI=1S/C19H26N2O3/c1-14-6-5-7-15(10-14)24-12-17(22)21-11-16(18(23)20-2)19(13-21)8-3-4-9-19/h5-7,10,16H,3-4,8-9,11-13H2,1-2H3,(H,20,23). The van der Waals surface area contributed by atoms with Crippen LogP contribution < -0.4 is 10.1 Å².